The van der Waals surface area contributed by atoms with E-state index in [9.17, 15) is 14.4 Å². The first-order valence-electron chi connectivity index (χ1n) is 17.2. The third kappa shape index (κ3) is 8.96. The van der Waals surface area contributed by atoms with Crippen molar-refractivity contribution in [2.45, 2.75) is 91.4 Å². The maximum absolute atomic E-state index is 13.1. The summed E-state index contributed by atoms with van der Waals surface area (Å²) in [5.74, 6) is 1.07. The first-order chi connectivity index (χ1) is 22.3. The lowest BCUT2D eigenvalue weighted by Gasteiger charge is -2.28. The quantitative estimate of drug-likeness (QED) is 0.170. The van der Waals surface area contributed by atoms with Crippen molar-refractivity contribution in [3.8, 4) is 0 Å². The summed E-state index contributed by atoms with van der Waals surface area (Å²) in [5, 5.41) is 3.93. The lowest BCUT2D eigenvalue weighted by Crippen LogP contribution is -2.19. The van der Waals surface area contributed by atoms with Crippen LogP contribution in [0.15, 0.2) is 66.7 Å². The van der Waals surface area contributed by atoms with E-state index < -0.39 is 0 Å². The summed E-state index contributed by atoms with van der Waals surface area (Å²) in [6.45, 7) is 6.07. The molecular weight excluding hydrogens is 570 g/mol. The van der Waals surface area contributed by atoms with Crippen molar-refractivity contribution in [1.29, 1.82) is 0 Å². The molecule has 3 aromatic carbocycles. The van der Waals surface area contributed by atoms with Crippen LogP contribution in [-0.2, 0) is 25.7 Å². The highest BCUT2D eigenvalue weighted by atomic mass is 16.2. The molecule has 0 bridgehead atoms. The van der Waals surface area contributed by atoms with Gasteiger partial charge in [-0.25, -0.2) is 0 Å². The molecule has 2 aliphatic carbocycles. The van der Waals surface area contributed by atoms with E-state index in [4.69, 9.17) is 5.73 Å². The van der Waals surface area contributed by atoms with Gasteiger partial charge in [0.2, 0.25) is 5.91 Å². The van der Waals surface area contributed by atoms with E-state index in [0.29, 0.717) is 35.2 Å². The Morgan fingerprint density at radius 2 is 1.39 bits per heavy atom. The Labute approximate surface area is 277 Å². The molecule has 1 heterocycles. The highest BCUT2D eigenvalue weighted by molar-refractivity contribution is 6.00. The van der Waals surface area contributed by atoms with E-state index in [1.54, 1.807) is 19.2 Å². The Morgan fingerprint density at radius 3 is 2.02 bits per heavy atom. The Bertz CT molecular complexity index is 1610. The second-order valence-electron chi connectivity index (χ2n) is 12.5. The maximum atomic E-state index is 13.1. The molecule has 2 aliphatic rings. The number of nitrogens with two attached hydrogens (primary N) is 1. The molecule has 6 nitrogen and oxygen atoms in total. The lowest BCUT2D eigenvalue weighted by molar-refractivity contribution is 0.0939. The highest BCUT2D eigenvalue weighted by Gasteiger charge is 2.24. The molecule has 0 radical (unpaired) electrons. The monoisotopic (exact) mass is 625 g/mol. The van der Waals surface area contributed by atoms with E-state index in [1.807, 2.05) is 44.2 Å². The number of hydrogen-bond acceptors (Lipinski definition) is 3. The standard InChI is InChI=1S/C29H34N2O2.C9H11NO.C2H6.2H2/c1-30-29(33)22-12-10-20(11-13-22)16-19-6-8-21(9-7-19)17-28(32)23-14-15-27-25(18-23)24-4-2-3-5-26(24)31-27;1-2-7-3-5-8(6-4-7)9(10)11;1-2;;/h10-15,18-19,21,31H,2-9,16-17H2,1H3,(H,30,33);3-6H,2H2,1H3,(H2,10,11);1-2H3;2*1H. The predicted octanol–water partition coefficient (Wildman–Crippen LogP) is 8.89. The number of hydrogen-bond donors (Lipinski definition) is 3. The lowest BCUT2D eigenvalue weighted by atomic mass is 9.77. The van der Waals surface area contributed by atoms with E-state index in [2.05, 4.69) is 41.5 Å². The number of aromatic nitrogens is 1. The van der Waals surface area contributed by atoms with Crippen LogP contribution in [0.3, 0.4) is 0 Å². The van der Waals surface area contributed by atoms with Crippen molar-refractivity contribution in [1.82, 2.24) is 10.3 Å². The predicted molar refractivity (Wildman–Crippen MR) is 193 cm³/mol. The molecule has 6 heteroatoms. The molecule has 0 saturated heterocycles. The average molecular weight is 626 g/mol. The number of rotatable bonds is 8. The first-order valence-corrected chi connectivity index (χ1v) is 17.2. The van der Waals surface area contributed by atoms with Crippen LogP contribution < -0.4 is 11.1 Å². The number of nitrogens with one attached hydrogen (secondary N) is 2. The number of carbonyl (C=O) groups excluding carboxylic acids is 3. The number of benzene rings is 3. The topological polar surface area (TPSA) is 105 Å². The molecule has 248 valence electrons. The van der Waals surface area contributed by atoms with Crippen LogP contribution in [0.4, 0.5) is 0 Å². The highest BCUT2D eigenvalue weighted by Crippen LogP contribution is 2.35. The molecule has 0 atom stereocenters. The molecule has 4 N–H and O–H groups in total. The van der Waals surface area contributed by atoms with E-state index in [-0.39, 0.29) is 14.7 Å². The van der Waals surface area contributed by atoms with Crippen molar-refractivity contribution in [2.75, 3.05) is 7.05 Å². The van der Waals surface area contributed by atoms with Gasteiger partial charge in [-0.1, -0.05) is 45.0 Å². The van der Waals surface area contributed by atoms with Crippen LogP contribution in [0.5, 0.6) is 0 Å². The van der Waals surface area contributed by atoms with Gasteiger partial charge >= 0.3 is 0 Å². The minimum atomic E-state index is -0.368. The molecular formula is C40H55N3O3. The van der Waals surface area contributed by atoms with Gasteiger partial charge in [0, 0.05) is 49.6 Å². The second-order valence-corrected chi connectivity index (χ2v) is 12.5. The van der Waals surface area contributed by atoms with Gasteiger partial charge in [-0.15, -0.1) is 0 Å². The summed E-state index contributed by atoms with van der Waals surface area (Å²) < 4.78 is 0. The summed E-state index contributed by atoms with van der Waals surface area (Å²) in [6.07, 6.45) is 12.1. The number of aromatic amines is 1. The van der Waals surface area contributed by atoms with Gasteiger partial charge < -0.3 is 16.0 Å². The third-order valence-corrected chi connectivity index (χ3v) is 9.47. The molecule has 46 heavy (non-hydrogen) atoms. The van der Waals surface area contributed by atoms with Gasteiger partial charge in [0.25, 0.3) is 5.91 Å². The Kier molecular flexibility index (Phi) is 12.8. The number of H-pyrrole nitrogens is 1. The summed E-state index contributed by atoms with van der Waals surface area (Å²) in [7, 11) is 1.66. The van der Waals surface area contributed by atoms with Gasteiger partial charge in [-0.3, -0.25) is 14.4 Å². The smallest absolute Gasteiger partial charge is 0.251 e. The second kappa shape index (κ2) is 16.9. The van der Waals surface area contributed by atoms with Gasteiger partial charge in [-0.05, 0) is 135 Å². The van der Waals surface area contributed by atoms with Crippen molar-refractivity contribution in [2.24, 2.45) is 17.6 Å². The SMILES string of the molecule is CC.CCc1ccc(C(N)=O)cc1.CNC(=O)c1ccc(CC2CCC(CC(=O)c3ccc4[nH]c5c(c4c3)CCCC5)CC2)cc1.[HH].[HH]. The zero-order chi connectivity index (χ0) is 33.1. The van der Waals surface area contributed by atoms with Crippen LogP contribution in [0, 0.1) is 11.8 Å². The summed E-state index contributed by atoms with van der Waals surface area (Å²) >= 11 is 0. The van der Waals surface area contributed by atoms with Gasteiger partial charge in [0.05, 0.1) is 0 Å². The number of primary amides is 1. The number of ketones is 1. The number of aryl methyl sites for hydroxylation is 3. The number of amides is 2. The molecule has 4 aromatic rings. The van der Waals surface area contributed by atoms with Crippen LogP contribution in [-0.4, -0.2) is 29.6 Å². The minimum absolute atomic E-state index is 0. The van der Waals surface area contributed by atoms with Gasteiger partial charge in [0.15, 0.2) is 5.78 Å². The molecule has 1 saturated carbocycles. The maximum Gasteiger partial charge on any atom is 0.251 e. The fraction of sp³-hybridized carbons (Fsp3) is 0.425. The number of fused-ring (bicyclic) bond motifs is 3. The molecule has 0 spiro atoms. The van der Waals surface area contributed by atoms with Gasteiger partial charge in [0.1, 0.15) is 0 Å². The van der Waals surface area contributed by atoms with E-state index in [0.717, 1.165) is 44.1 Å². The van der Waals surface area contributed by atoms with E-state index >= 15 is 0 Å². The molecule has 0 aliphatic heterocycles. The molecule has 2 amide bonds. The fourth-order valence-corrected chi connectivity index (χ4v) is 6.77. The van der Waals surface area contributed by atoms with Crippen LogP contribution in [0.25, 0.3) is 10.9 Å². The van der Waals surface area contributed by atoms with Crippen LogP contribution >= 0.6 is 0 Å². The largest absolute Gasteiger partial charge is 0.366 e. The molecule has 1 aromatic heterocycles. The Hall–Kier alpha value is -4.19. The average Bonchev–Trinajstić information content (AvgIpc) is 3.48. The summed E-state index contributed by atoms with van der Waals surface area (Å²) in [5.41, 5.74) is 13.7. The van der Waals surface area contributed by atoms with Crippen LogP contribution in [0.2, 0.25) is 0 Å². The first kappa shape index (κ1) is 34.7. The van der Waals surface area contributed by atoms with Crippen molar-refractivity contribution < 1.29 is 17.2 Å². The Balaban J connectivity index is 0.000000455. The third-order valence-electron chi connectivity index (χ3n) is 9.47. The summed E-state index contributed by atoms with van der Waals surface area (Å²) in [4.78, 5) is 39.0. The van der Waals surface area contributed by atoms with Gasteiger partial charge in [-0.2, -0.15) is 0 Å². The molecule has 1 fully saturated rings. The van der Waals surface area contributed by atoms with E-state index in [1.165, 1.54) is 59.0 Å². The number of carbonyl (C=O) groups is 3. The van der Waals surface area contributed by atoms with Crippen LogP contribution in [0.1, 0.15) is 122 Å². The normalized spacial score (nSPS) is 17.0. The Morgan fingerprint density at radius 1 is 0.804 bits per heavy atom. The fourth-order valence-electron chi connectivity index (χ4n) is 6.77. The summed E-state index contributed by atoms with van der Waals surface area (Å²) in [6, 6.07) is 21.6. The zero-order valence-corrected chi connectivity index (χ0v) is 28.1. The van der Waals surface area contributed by atoms with Crippen molar-refractivity contribution in [3.63, 3.8) is 0 Å². The van der Waals surface area contributed by atoms with Crippen molar-refractivity contribution in [3.05, 3.63) is 106 Å². The zero-order valence-electron chi connectivity index (χ0n) is 28.1. The number of Topliss-reactive ketones (excluding diaryl/α,β-unsaturated/α-hetero) is 1. The minimum Gasteiger partial charge on any atom is -0.366 e. The van der Waals surface area contributed by atoms with Crippen molar-refractivity contribution >= 4 is 28.5 Å². The molecule has 6 rings (SSSR count). The molecule has 0 unspecified atom stereocenters.